The highest BCUT2D eigenvalue weighted by atomic mass is 16.6. The second-order valence-corrected chi connectivity index (χ2v) is 5.86. The summed E-state index contributed by atoms with van der Waals surface area (Å²) in [5.74, 6) is 1.40. The first-order valence-electron chi connectivity index (χ1n) is 8.42. The average Bonchev–Trinajstić information content (AvgIpc) is 2.71. The predicted molar refractivity (Wildman–Crippen MR) is 105 cm³/mol. The Hall–Kier alpha value is -3.60. The number of rotatable bonds is 7. The van der Waals surface area contributed by atoms with Crippen molar-refractivity contribution in [2.24, 2.45) is 0 Å². The van der Waals surface area contributed by atoms with E-state index in [0.717, 1.165) is 28.5 Å². The molecule has 0 radical (unpaired) electrons. The van der Waals surface area contributed by atoms with E-state index in [1.165, 1.54) is 6.08 Å². The lowest BCUT2D eigenvalue weighted by molar-refractivity contribution is -0.400. The van der Waals surface area contributed by atoms with Crippen LogP contribution < -0.4 is 9.47 Å². The van der Waals surface area contributed by atoms with Crippen LogP contribution in [0.15, 0.2) is 79.0 Å². The summed E-state index contributed by atoms with van der Waals surface area (Å²) in [5, 5.41) is 10.7. The van der Waals surface area contributed by atoms with Crippen molar-refractivity contribution in [3.05, 3.63) is 100 Å². The van der Waals surface area contributed by atoms with Crippen molar-refractivity contribution in [3.8, 4) is 22.6 Å². The average molecular weight is 361 g/mol. The number of hydrogen-bond acceptors (Lipinski definition) is 4. The molecule has 136 valence electrons. The molecule has 0 saturated carbocycles. The molecule has 0 spiro atoms. The highest BCUT2D eigenvalue weighted by Crippen LogP contribution is 2.31. The Morgan fingerprint density at radius 2 is 1.78 bits per heavy atom. The topological polar surface area (TPSA) is 61.6 Å². The summed E-state index contributed by atoms with van der Waals surface area (Å²) in [7, 11) is 1.60. The minimum atomic E-state index is -0.477. The summed E-state index contributed by atoms with van der Waals surface area (Å²) in [6, 6.07) is 23.0. The molecular weight excluding hydrogens is 342 g/mol. The maximum absolute atomic E-state index is 10.7. The summed E-state index contributed by atoms with van der Waals surface area (Å²) >= 11 is 0. The van der Waals surface area contributed by atoms with Crippen LogP contribution in [-0.4, -0.2) is 12.0 Å². The molecule has 5 nitrogen and oxygen atoms in total. The lowest BCUT2D eigenvalue weighted by Crippen LogP contribution is -1.96. The number of ether oxygens (including phenoxy) is 2. The summed E-state index contributed by atoms with van der Waals surface area (Å²) in [6.45, 7) is 0.447. The lowest BCUT2D eigenvalue weighted by atomic mass is 9.99. The van der Waals surface area contributed by atoms with Crippen molar-refractivity contribution in [2.75, 3.05) is 7.11 Å². The summed E-state index contributed by atoms with van der Waals surface area (Å²) in [6.07, 6.45) is 2.42. The number of benzene rings is 3. The maximum atomic E-state index is 10.7. The molecule has 0 N–H and O–H groups in total. The maximum Gasteiger partial charge on any atom is 0.235 e. The molecule has 3 aromatic rings. The van der Waals surface area contributed by atoms with Crippen molar-refractivity contribution in [3.63, 3.8) is 0 Å². The van der Waals surface area contributed by atoms with Crippen LogP contribution >= 0.6 is 0 Å². The molecule has 3 rings (SSSR count). The Balaban J connectivity index is 1.94. The third-order valence-electron chi connectivity index (χ3n) is 4.03. The number of methoxy groups -OCH3 is 1. The Kier molecular flexibility index (Phi) is 5.84. The first-order valence-corrected chi connectivity index (χ1v) is 8.42. The molecule has 0 unspecified atom stereocenters. The smallest absolute Gasteiger partial charge is 0.235 e. The first kappa shape index (κ1) is 18.2. The molecule has 0 saturated heterocycles. The third kappa shape index (κ3) is 4.95. The summed E-state index contributed by atoms with van der Waals surface area (Å²) < 4.78 is 11.2. The first-order chi connectivity index (χ1) is 13.2. The van der Waals surface area contributed by atoms with E-state index in [9.17, 15) is 10.1 Å². The molecule has 27 heavy (non-hydrogen) atoms. The molecule has 0 aliphatic heterocycles. The largest absolute Gasteiger partial charge is 0.497 e. The van der Waals surface area contributed by atoms with Gasteiger partial charge in [-0.25, -0.2) is 0 Å². The third-order valence-corrected chi connectivity index (χ3v) is 4.03. The van der Waals surface area contributed by atoms with Crippen molar-refractivity contribution < 1.29 is 14.4 Å². The minimum Gasteiger partial charge on any atom is -0.497 e. The van der Waals surface area contributed by atoms with Gasteiger partial charge in [0.2, 0.25) is 6.20 Å². The normalized spacial score (nSPS) is 10.7. The van der Waals surface area contributed by atoms with E-state index < -0.39 is 4.92 Å². The second kappa shape index (κ2) is 8.67. The summed E-state index contributed by atoms with van der Waals surface area (Å²) in [4.78, 5) is 10.2. The summed E-state index contributed by atoms with van der Waals surface area (Å²) in [5.41, 5.74) is 3.52. The quantitative estimate of drug-likeness (QED) is 0.429. The van der Waals surface area contributed by atoms with Crippen LogP contribution in [0.25, 0.3) is 17.2 Å². The van der Waals surface area contributed by atoms with Crippen molar-refractivity contribution in [1.29, 1.82) is 0 Å². The highest BCUT2D eigenvalue weighted by molar-refractivity contribution is 5.77. The van der Waals surface area contributed by atoms with Crippen LogP contribution in [0.5, 0.6) is 11.5 Å². The van der Waals surface area contributed by atoms with Gasteiger partial charge in [-0.05, 0) is 46.5 Å². The molecule has 0 aliphatic carbocycles. The molecule has 0 heterocycles. The van der Waals surface area contributed by atoms with E-state index in [-0.39, 0.29) is 0 Å². The van der Waals surface area contributed by atoms with E-state index in [1.807, 2.05) is 72.8 Å². The van der Waals surface area contributed by atoms with Crippen LogP contribution in [0.3, 0.4) is 0 Å². The predicted octanol–water partition coefficient (Wildman–Crippen LogP) is 5.19. The molecule has 5 heteroatoms. The van der Waals surface area contributed by atoms with Gasteiger partial charge in [0.1, 0.15) is 18.1 Å². The molecule has 0 amide bonds. The van der Waals surface area contributed by atoms with E-state index in [1.54, 1.807) is 7.11 Å². The SMILES string of the molecule is COc1cccc(-c2cc(OCc3ccccc3)ccc2/C=C/[N+](=O)[O-])c1. The van der Waals surface area contributed by atoms with Crippen LogP contribution in [-0.2, 0) is 6.61 Å². The van der Waals surface area contributed by atoms with Gasteiger partial charge < -0.3 is 9.47 Å². The zero-order valence-electron chi connectivity index (χ0n) is 14.9. The molecule has 0 atom stereocenters. The fourth-order valence-electron chi connectivity index (χ4n) is 2.69. The van der Waals surface area contributed by atoms with Gasteiger partial charge in [-0.2, -0.15) is 0 Å². The lowest BCUT2D eigenvalue weighted by Gasteiger charge is -2.12. The van der Waals surface area contributed by atoms with Gasteiger partial charge in [0.25, 0.3) is 0 Å². The molecule has 0 aliphatic rings. The van der Waals surface area contributed by atoms with Crippen molar-refractivity contribution in [2.45, 2.75) is 6.61 Å². The molecule has 0 fully saturated rings. The molecular formula is C22H19NO4. The van der Waals surface area contributed by atoms with E-state index in [0.29, 0.717) is 18.1 Å². The Morgan fingerprint density at radius 3 is 2.52 bits per heavy atom. The van der Waals surface area contributed by atoms with Gasteiger partial charge >= 0.3 is 0 Å². The van der Waals surface area contributed by atoms with Gasteiger partial charge in [0.05, 0.1) is 12.0 Å². The van der Waals surface area contributed by atoms with Gasteiger partial charge in [-0.15, -0.1) is 0 Å². The minimum absolute atomic E-state index is 0.447. The second-order valence-electron chi connectivity index (χ2n) is 5.86. The van der Waals surface area contributed by atoms with Crippen molar-refractivity contribution in [1.82, 2.24) is 0 Å². The van der Waals surface area contributed by atoms with Crippen LogP contribution in [0.4, 0.5) is 0 Å². The Bertz CT molecular complexity index is 952. The molecule has 0 aromatic heterocycles. The molecule has 3 aromatic carbocycles. The molecule has 0 bridgehead atoms. The van der Waals surface area contributed by atoms with E-state index in [4.69, 9.17) is 9.47 Å². The van der Waals surface area contributed by atoms with Crippen LogP contribution in [0.2, 0.25) is 0 Å². The Labute approximate surface area is 157 Å². The monoisotopic (exact) mass is 361 g/mol. The fraction of sp³-hybridized carbons (Fsp3) is 0.0909. The highest BCUT2D eigenvalue weighted by Gasteiger charge is 2.08. The number of nitrogens with zero attached hydrogens (tertiary/aromatic N) is 1. The number of hydrogen-bond donors (Lipinski definition) is 0. The zero-order chi connectivity index (χ0) is 19.1. The van der Waals surface area contributed by atoms with Gasteiger partial charge in [-0.3, -0.25) is 10.1 Å². The standard InChI is InChI=1S/C22H19NO4/c1-26-20-9-5-8-19(14-20)22-15-21(11-10-18(22)12-13-23(24)25)27-16-17-6-3-2-4-7-17/h2-15H,16H2,1H3/b13-12+. The fourth-order valence-corrected chi connectivity index (χ4v) is 2.69. The van der Waals surface area contributed by atoms with Gasteiger partial charge in [0, 0.05) is 6.08 Å². The number of nitro groups is 1. The van der Waals surface area contributed by atoms with E-state index in [2.05, 4.69) is 0 Å². The van der Waals surface area contributed by atoms with Crippen LogP contribution in [0.1, 0.15) is 11.1 Å². The van der Waals surface area contributed by atoms with Gasteiger partial charge in [-0.1, -0.05) is 48.5 Å². The van der Waals surface area contributed by atoms with Crippen LogP contribution in [0, 0.1) is 10.1 Å². The zero-order valence-corrected chi connectivity index (χ0v) is 14.9. The van der Waals surface area contributed by atoms with Gasteiger partial charge in [0.15, 0.2) is 0 Å². The van der Waals surface area contributed by atoms with E-state index >= 15 is 0 Å². The van der Waals surface area contributed by atoms with Crippen molar-refractivity contribution >= 4 is 6.08 Å². The Morgan fingerprint density at radius 1 is 0.963 bits per heavy atom.